The molecular weight excluding hydrogens is 374 g/mol. The molecule has 1 aromatic heterocycles. The molecule has 0 atom stereocenters. The van der Waals surface area contributed by atoms with E-state index in [1.54, 1.807) is 18.2 Å². The zero-order valence-electron chi connectivity index (χ0n) is 16.7. The summed E-state index contributed by atoms with van der Waals surface area (Å²) in [6.07, 6.45) is 4.36. The van der Waals surface area contributed by atoms with Crippen LogP contribution in [0, 0.1) is 11.3 Å². The van der Waals surface area contributed by atoms with Crippen LogP contribution in [0.3, 0.4) is 0 Å². The molecule has 2 heterocycles. The fourth-order valence-corrected chi connectivity index (χ4v) is 3.59. The monoisotopic (exact) mass is 397 g/mol. The van der Waals surface area contributed by atoms with Gasteiger partial charge < -0.3 is 10.2 Å². The summed E-state index contributed by atoms with van der Waals surface area (Å²) in [5.74, 6) is 0.956. The summed E-state index contributed by atoms with van der Waals surface area (Å²) < 4.78 is 0. The molecule has 150 valence electrons. The van der Waals surface area contributed by atoms with Crippen LogP contribution in [-0.2, 0) is 0 Å². The minimum Gasteiger partial charge on any atom is -0.340 e. The van der Waals surface area contributed by atoms with E-state index < -0.39 is 0 Å². The van der Waals surface area contributed by atoms with E-state index in [0.29, 0.717) is 22.9 Å². The number of anilines is 2. The molecule has 3 aromatic rings. The van der Waals surface area contributed by atoms with Gasteiger partial charge in [-0.25, -0.2) is 9.97 Å². The van der Waals surface area contributed by atoms with Crippen molar-refractivity contribution in [3.05, 3.63) is 71.9 Å². The van der Waals surface area contributed by atoms with Crippen molar-refractivity contribution in [2.75, 3.05) is 18.4 Å². The molecule has 4 rings (SSSR count). The van der Waals surface area contributed by atoms with E-state index >= 15 is 0 Å². The molecule has 1 amide bonds. The molecule has 6 heteroatoms. The van der Waals surface area contributed by atoms with Crippen molar-refractivity contribution >= 4 is 17.4 Å². The predicted octanol–water partition coefficient (Wildman–Crippen LogP) is 4.78. The summed E-state index contributed by atoms with van der Waals surface area (Å²) in [4.78, 5) is 24.3. The van der Waals surface area contributed by atoms with E-state index in [4.69, 9.17) is 5.26 Å². The Morgan fingerprint density at radius 1 is 0.933 bits per heavy atom. The number of hydrogen-bond donors (Lipinski definition) is 1. The highest BCUT2D eigenvalue weighted by Gasteiger charge is 2.20. The van der Waals surface area contributed by atoms with Crippen molar-refractivity contribution in [3.8, 4) is 17.5 Å². The number of aromatic nitrogens is 2. The Morgan fingerprint density at radius 2 is 1.70 bits per heavy atom. The van der Waals surface area contributed by atoms with Crippen LogP contribution in [0.2, 0.25) is 0 Å². The number of nitrogens with one attached hydrogen (secondary N) is 1. The second-order valence-corrected chi connectivity index (χ2v) is 7.35. The first-order chi connectivity index (χ1) is 14.7. The summed E-state index contributed by atoms with van der Waals surface area (Å²) in [5, 5.41) is 12.4. The lowest BCUT2D eigenvalue weighted by molar-refractivity contribution is 0.0756. The molecule has 0 unspecified atom stereocenters. The van der Waals surface area contributed by atoms with Gasteiger partial charge in [0.25, 0.3) is 5.91 Å². The number of rotatable bonds is 4. The van der Waals surface area contributed by atoms with E-state index in [0.717, 1.165) is 50.0 Å². The molecule has 1 fully saturated rings. The van der Waals surface area contributed by atoms with E-state index in [9.17, 15) is 4.79 Å². The van der Waals surface area contributed by atoms with Gasteiger partial charge in [-0.2, -0.15) is 5.26 Å². The number of likely N-dealkylation sites (tertiary alicyclic amines) is 1. The average Bonchev–Trinajstić information content (AvgIpc) is 3.09. The van der Waals surface area contributed by atoms with Crippen molar-refractivity contribution in [1.82, 2.24) is 14.9 Å². The van der Waals surface area contributed by atoms with Gasteiger partial charge in [0.2, 0.25) is 0 Å². The normalized spacial score (nSPS) is 13.9. The number of hydrogen-bond acceptors (Lipinski definition) is 5. The fraction of sp³-hybridized carbons (Fsp3) is 0.250. The number of nitriles is 1. The fourth-order valence-electron chi connectivity index (χ4n) is 3.59. The van der Waals surface area contributed by atoms with Crippen molar-refractivity contribution in [2.24, 2.45) is 0 Å². The smallest absolute Gasteiger partial charge is 0.272 e. The largest absolute Gasteiger partial charge is 0.340 e. The van der Waals surface area contributed by atoms with Gasteiger partial charge in [-0.05, 0) is 31.0 Å². The summed E-state index contributed by atoms with van der Waals surface area (Å²) in [7, 11) is 0. The van der Waals surface area contributed by atoms with Crippen molar-refractivity contribution < 1.29 is 4.79 Å². The summed E-state index contributed by atoms with van der Waals surface area (Å²) >= 11 is 0. The first kappa shape index (κ1) is 19.6. The van der Waals surface area contributed by atoms with E-state index in [2.05, 4.69) is 21.4 Å². The van der Waals surface area contributed by atoms with Gasteiger partial charge in [0.1, 0.15) is 11.5 Å². The molecule has 0 aliphatic carbocycles. The summed E-state index contributed by atoms with van der Waals surface area (Å²) in [5.41, 5.74) is 2.51. The van der Waals surface area contributed by atoms with Gasteiger partial charge in [0.05, 0.1) is 11.6 Å². The Balaban J connectivity index is 1.71. The first-order valence-electron chi connectivity index (χ1n) is 10.2. The number of benzene rings is 2. The lowest BCUT2D eigenvalue weighted by Crippen LogP contribution is -2.32. The van der Waals surface area contributed by atoms with Gasteiger partial charge in [0.15, 0.2) is 5.82 Å². The zero-order valence-corrected chi connectivity index (χ0v) is 16.7. The van der Waals surface area contributed by atoms with Crippen molar-refractivity contribution in [1.29, 1.82) is 5.26 Å². The molecule has 0 saturated carbocycles. The Labute approximate surface area is 176 Å². The highest BCUT2D eigenvalue weighted by Crippen LogP contribution is 2.23. The molecule has 1 aliphatic rings. The minimum absolute atomic E-state index is 0.0645. The number of amides is 1. The third-order valence-corrected chi connectivity index (χ3v) is 5.13. The molecule has 6 nitrogen and oxygen atoms in total. The van der Waals surface area contributed by atoms with Gasteiger partial charge >= 0.3 is 0 Å². The van der Waals surface area contributed by atoms with Crippen LogP contribution in [0.15, 0.2) is 60.7 Å². The molecule has 0 radical (unpaired) electrons. The Kier molecular flexibility index (Phi) is 6.00. The highest BCUT2D eigenvalue weighted by molar-refractivity contribution is 5.93. The third-order valence-electron chi connectivity index (χ3n) is 5.13. The van der Waals surface area contributed by atoms with Crippen LogP contribution < -0.4 is 5.32 Å². The van der Waals surface area contributed by atoms with Crippen LogP contribution in [-0.4, -0.2) is 33.9 Å². The predicted molar refractivity (Wildman–Crippen MR) is 116 cm³/mol. The van der Waals surface area contributed by atoms with E-state index in [1.165, 1.54) is 0 Å². The maximum absolute atomic E-state index is 13.2. The maximum atomic E-state index is 13.2. The quantitative estimate of drug-likeness (QED) is 0.685. The lowest BCUT2D eigenvalue weighted by Gasteiger charge is -2.20. The second-order valence-electron chi connectivity index (χ2n) is 7.35. The van der Waals surface area contributed by atoms with Gasteiger partial charge in [-0.3, -0.25) is 4.79 Å². The minimum atomic E-state index is -0.0645. The summed E-state index contributed by atoms with van der Waals surface area (Å²) in [6.45, 7) is 1.52. The number of carbonyl (C=O) groups excluding carboxylic acids is 1. The standard InChI is InChI=1S/C24H23N5O/c25-17-18-9-8-12-20(15-18)26-22-16-21(24(30)29-13-6-1-2-7-14-29)27-23(28-22)19-10-4-3-5-11-19/h3-5,8-12,15-16H,1-2,6-7,13-14H2,(H,26,27,28). The number of carbonyl (C=O) groups is 1. The molecule has 1 N–H and O–H groups in total. The van der Waals surface area contributed by atoms with Gasteiger partial charge in [-0.15, -0.1) is 0 Å². The Morgan fingerprint density at radius 3 is 2.43 bits per heavy atom. The SMILES string of the molecule is N#Cc1cccc(Nc2cc(C(=O)N3CCCCCC3)nc(-c3ccccc3)n2)c1. The Hall–Kier alpha value is -3.72. The summed E-state index contributed by atoms with van der Waals surface area (Å²) in [6, 6.07) is 20.6. The second kappa shape index (κ2) is 9.19. The van der Waals surface area contributed by atoms with Crippen molar-refractivity contribution in [3.63, 3.8) is 0 Å². The first-order valence-corrected chi connectivity index (χ1v) is 10.2. The third kappa shape index (κ3) is 4.64. The zero-order chi connectivity index (χ0) is 20.8. The van der Waals surface area contributed by atoms with Crippen LogP contribution in [0.25, 0.3) is 11.4 Å². The van der Waals surface area contributed by atoms with Gasteiger partial charge in [0, 0.05) is 30.4 Å². The van der Waals surface area contributed by atoms with Gasteiger partial charge in [-0.1, -0.05) is 49.2 Å². The average molecular weight is 397 g/mol. The topological polar surface area (TPSA) is 81.9 Å². The maximum Gasteiger partial charge on any atom is 0.272 e. The van der Waals surface area contributed by atoms with E-state index in [1.807, 2.05) is 47.4 Å². The molecule has 1 saturated heterocycles. The lowest BCUT2D eigenvalue weighted by atomic mass is 10.2. The molecule has 2 aromatic carbocycles. The molecule has 0 spiro atoms. The molecule has 30 heavy (non-hydrogen) atoms. The van der Waals surface area contributed by atoms with Crippen LogP contribution in [0.1, 0.15) is 41.7 Å². The number of nitrogens with zero attached hydrogens (tertiary/aromatic N) is 4. The molecular formula is C24H23N5O. The Bertz CT molecular complexity index is 1070. The molecule has 1 aliphatic heterocycles. The molecule has 0 bridgehead atoms. The van der Waals surface area contributed by atoms with Crippen LogP contribution in [0.4, 0.5) is 11.5 Å². The van der Waals surface area contributed by atoms with E-state index in [-0.39, 0.29) is 5.91 Å². The van der Waals surface area contributed by atoms with Crippen LogP contribution in [0.5, 0.6) is 0 Å². The highest BCUT2D eigenvalue weighted by atomic mass is 16.2. The van der Waals surface area contributed by atoms with Crippen LogP contribution >= 0.6 is 0 Å². The van der Waals surface area contributed by atoms with Crippen molar-refractivity contribution in [2.45, 2.75) is 25.7 Å².